The smallest absolute Gasteiger partial charge is 0.105 e. The summed E-state index contributed by atoms with van der Waals surface area (Å²) in [6.45, 7) is 0. The van der Waals surface area contributed by atoms with Crippen molar-refractivity contribution in [3.8, 4) is 0 Å². The fourth-order valence-corrected chi connectivity index (χ4v) is 2.30. The molecular formula is C15H12ClNO. The van der Waals surface area contributed by atoms with Gasteiger partial charge in [-0.05, 0) is 35.4 Å². The fraction of sp³-hybridized carbons (Fsp3) is 0.0667. The first kappa shape index (κ1) is 11.3. The first-order chi connectivity index (χ1) is 8.75. The predicted molar refractivity (Wildman–Crippen MR) is 73.8 cm³/mol. The van der Waals surface area contributed by atoms with Crippen LogP contribution >= 0.6 is 11.6 Å². The summed E-state index contributed by atoms with van der Waals surface area (Å²) in [7, 11) is 0. The highest BCUT2D eigenvalue weighted by Gasteiger charge is 2.13. The van der Waals surface area contributed by atoms with Crippen LogP contribution < -0.4 is 0 Å². The fourth-order valence-electron chi connectivity index (χ4n) is 2.17. The second-order valence-electron chi connectivity index (χ2n) is 4.24. The van der Waals surface area contributed by atoms with E-state index in [2.05, 4.69) is 4.98 Å². The van der Waals surface area contributed by atoms with Gasteiger partial charge in [0, 0.05) is 22.1 Å². The van der Waals surface area contributed by atoms with Crippen LogP contribution in [0.3, 0.4) is 0 Å². The highest BCUT2D eigenvalue weighted by atomic mass is 35.5. The molecule has 1 atom stereocenters. The van der Waals surface area contributed by atoms with Crippen LogP contribution in [0.2, 0.25) is 5.02 Å². The summed E-state index contributed by atoms with van der Waals surface area (Å²) in [5.41, 5.74) is 2.77. The Bertz CT molecular complexity index is 672. The summed E-state index contributed by atoms with van der Waals surface area (Å²) in [6, 6.07) is 15.1. The van der Waals surface area contributed by atoms with Crippen molar-refractivity contribution < 1.29 is 5.11 Å². The zero-order valence-electron chi connectivity index (χ0n) is 9.60. The second-order valence-corrected chi connectivity index (χ2v) is 4.68. The van der Waals surface area contributed by atoms with Gasteiger partial charge in [0.25, 0.3) is 0 Å². The van der Waals surface area contributed by atoms with Gasteiger partial charge < -0.3 is 10.1 Å². The third kappa shape index (κ3) is 1.90. The van der Waals surface area contributed by atoms with Crippen molar-refractivity contribution in [3.05, 3.63) is 70.9 Å². The summed E-state index contributed by atoms with van der Waals surface area (Å²) in [4.78, 5) is 3.14. The van der Waals surface area contributed by atoms with Gasteiger partial charge in [0.05, 0.1) is 0 Å². The van der Waals surface area contributed by atoms with Crippen LogP contribution in [-0.4, -0.2) is 10.1 Å². The van der Waals surface area contributed by atoms with Gasteiger partial charge in [-0.3, -0.25) is 0 Å². The standard InChI is InChI=1S/C15H12ClNO/c16-11-6-4-10(5-7-11)15(18)13-2-1-3-14-12(13)8-9-17-14/h1-9,15,17-18H. The molecule has 3 heteroatoms. The minimum absolute atomic E-state index is 0.637. The number of aromatic amines is 1. The molecule has 0 aliphatic carbocycles. The van der Waals surface area contributed by atoms with E-state index in [-0.39, 0.29) is 0 Å². The number of hydrogen-bond acceptors (Lipinski definition) is 1. The van der Waals surface area contributed by atoms with Crippen molar-refractivity contribution in [2.45, 2.75) is 6.10 Å². The lowest BCUT2D eigenvalue weighted by atomic mass is 9.98. The highest BCUT2D eigenvalue weighted by molar-refractivity contribution is 6.30. The van der Waals surface area contributed by atoms with Gasteiger partial charge in [0.1, 0.15) is 6.10 Å². The average molecular weight is 258 g/mol. The highest BCUT2D eigenvalue weighted by Crippen LogP contribution is 2.28. The number of halogens is 1. The lowest BCUT2D eigenvalue weighted by Crippen LogP contribution is -1.99. The monoisotopic (exact) mass is 257 g/mol. The number of aromatic nitrogens is 1. The molecule has 0 bridgehead atoms. The van der Waals surface area contributed by atoms with E-state index in [1.54, 1.807) is 12.1 Å². The van der Waals surface area contributed by atoms with Crippen LogP contribution in [0.15, 0.2) is 54.7 Å². The lowest BCUT2D eigenvalue weighted by Gasteiger charge is -2.12. The molecule has 18 heavy (non-hydrogen) atoms. The molecule has 0 saturated heterocycles. The maximum atomic E-state index is 10.4. The van der Waals surface area contributed by atoms with E-state index in [0.29, 0.717) is 5.02 Å². The molecule has 2 N–H and O–H groups in total. The van der Waals surface area contributed by atoms with Gasteiger partial charge in [0.2, 0.25) is 0 Å². The average Bonchev–Trinajstić information content (AvgIpc) is 2.87. The zero-order chi connectivity index (χ0) is 12.5. The lowest BCUT2D eigenvalue weighted by molar-refractivity contribution is 0.222. The van der Waals surface area contributed by atoms with E-state index in [1.807, 2.05) is 42.6 Å². The second kappa shape index (κ2) is 4.48. The molecule has 3 aromatic rings. The Kier molecular flexibility index (Phi) is 2.82. The van der Waals surface area contributed by atoms with Crippen LogP contribution in [-0.2, 0) is 0 Å². The molecule has 90 valence electrons. The Morgan fingerprint density at radius 3 is 2.56 bits per heavy atom. The molecule has 0 spiro atoms. The van der Waals surface area contributed by atoms with Crippen LogP contribution in [0.5, 0.6) is 0 Å². The summed E-state index contributed by atoms with van der Waals surface area (Å²) in [6.07, 6.45) is 1.24. The van der Waals surface area contributed by atoms with E-state index in [4.69, 9.17) is 11.6 Å². The number of hydrogen-bond donors (Lipinski definition) is 2. The molecule has 0 aliphatic rings. The maximum Gasteiger partial charge on any atom is 0.105 e. The minimum atomic E-state index is -0.637. The number of rotatable bonds is 2. The van der Waals surface area contributed by atoms with Gasteiger partial charge in [-0.25, -0.2) is 0 Å². The van der Waals surface area contributed by atoms with E-state index in [0.717, 1.165) is 22.0 Å². The summed E-state index contributed by atoms with van der Waals surface area (Å²) < 4.78 is 0. The first-order valence-electron chi connectivity index (χ1n) is 5.75. The van der Waals surface area contributed by atoms with E-state index in [1.165, 1.54) is 0 Å². The van der Waals surface area contributed by atoms with Crippen molar-refractivity contribution in [2.24, 2.45) is 0 Å². The third-order valence-electron chi connectivity index (χ3n) is 3.11. The number of aliphatic hydroxyl groups is 1. The maximum absolute atomic E-state index is 10.4. The van der Waals surface area contributed by atoms with Crippen LogP contribution in [0.25, 0.3) is 10.9 Å². The summed E-state index contributed by atoms with van der Waals surface area (Å²) in [5.74, 6) is 0. The molecule has 0 saturated carbocycles. The van der Waals surface area contributed by atoms with Crippen molar-refractivity contribution in [2.75, 3.05) is 0 Å². The third-order valence-corrected chi connectivity index (χ3v) is 3.36. The van der Waals surface area contributed by atoms with Gasteiger partial charge in [-0.15, -0.1) is 0 Å². The Morgan fingerprint density at radius 1 is 1.00 bits per heavy atom. The zero-order valence-corrected chi connectivity index (χ0v) is 10.4. The summed E-state index contributed by atoms with van der Waals surface area (Å²) in [5, 5.41) is 12.2. The molecule has 1 aromatic heterocycles. The molecule has 0 aliphatic heterocycles. The van der Waals surface area contributed by atoms with Gasteiger partial charge >= 0.3 is 0 Å². The normalized spacial score (nSPS) is 12.8. The molecule has 2 nitrogen and oxygen atoms in total. The molecule has 0 radical (unpaired) electrons. The van der Waals surface area contributed by atoms with Gasteiger partial charge in [-0.2, -0.15) is 0 Å². The van der Waals surface area contributed by atoms with Crippen molar-refractivity contribution in [3.63, 3.8) is 0 Å². The topological polar surface area (TPSA) is 36.0 Å². The number of benzene rings is 2. The Balaban J connectivity index is 2.08. The van der Waals surface area contributed by atoms with Crippen LogP contribution in [0.4, 0.5) is 0 Å². The quantitative estimate of drug-likeness (QED) is 0.718. The molecule has 3 rings (SSSR count). The van der Waals surface area contributed by atoms with Crippen LogP contribution in [0, 0.1) is 0 Å². The van der Waals surface area contributed by atoms with Crippen molar-refractivity contribution >= 4 is 22.5 Å². The Hall–Kier alpha value is -1.77. The number of nitrogens with one attached hydrogen (secondary N) is 1. The predicted octanol–water partition coefficient (Wildman–Crippen LogP) is 3.90. The SMILES string of the molecule is OC(c1ccc(Cl)cc1)c1cccc2[nH]ccc12. The van der Waals surface area contributed by atoms with Crippen LogP contribution in [0.1, 0.15) is 17.2 Å². The molecular weight excluding hydrogens is 246 g/mol. The molecule has 0 amide bonds. The summed E-state index contributed by atoms with van der Waals surface area (Å²) >= 11 is 5.85. The number of H-pyrrole nitrogens is 1. The Morgan fingerprint density at radius 2 is 1.78 bits per heavy atom. The molecule has 2 aromatic carbocycles. The molecule has 1 unspecified atom stereocenters. The van der Waals surface area contributed by atoms with E-state index < -0.39 is 6.10 Å². The molecule has 1 heterocycles. The largest absolute Gasteiger partial charge is 0.384 e. The number of aliphatic hydroxyl groups excluding tert-OH is 1. The number of fused-ring (bicyclic) bond motifs is 1. The van der Waals surface area contributed by atoms with E-state index >= 15 is 0 Å². The van der Waals surface area contributed by atoms with Crippen molar-refractivity contribution in [1.29, 1.82) is 0 Å². The first-order valence-corrected chi connectivity index (χ1v) is 6.13. The van der Waals surface area contributed by atoms with Gasteiger partial charge in [0.15, 0.2) is 0 Å². The Labute approximate surface area is 110 Å². The van der Waals surface area contributed by atoms with Crippen molar-refractivity contribution in [1.82, 2.24) is 4.98 Å². The minimum Gasteiger partial charge on any atom is -0.384 e. The van der Waals surface area contributed by atoms with E-state index in [9.17, 15) is 5.11 Å². The molecule has 0 fully saturated rings. The van der Waals surface area contributed by atoms with Gasteiger partial charge in [-0.1, -0.05) is 35.9 Å².